The first-order valence-corrected chi connectivity index (χ1v) is 7.40. The van der Waals surface area contributed by atoms with Crippen LogP contribution in [0.25, 0.3) is 0 Å². The summed E-state index contributed by atoms with van der Waals surface area (Å²) < 4.78 is 10.3. The van der Waals surface area contributed by atoms with Gasteiger partial charge in [-0.05, 0) is 44.7 Å². The third-order valence-electron chi connectivity index (χ3n) is 3.77. The fraction of sp³-hybridized carbons (Fsp3) is 0.600. The van der Waals surface area contributed by atoms with Gasteiger partial charge in [-0.15, -0.1) is 0 Å². The Labute approximate surface area is 124 Å². The second-order valence-corrected chi connectivity index (χ2v) is 5.24. The molecule has 1 aliphatic carbocycles. The molecular formula is C15H22N2O4. The largest absolute Gasteiger partial charge is 0.466 e. The molecule has 0 spiro atoms. The first-order chi connectivity index (χ1) is 10.1. The van der Waals surface area contributed by atoms with Gasteiger partial charge in [-0.3, -0.25) is 9.59 Å². The van der Waals surface area contributed by atoms with Gasteiger partial charge < -0.3 is 20.2 Å². The van der Waals surface area contributed by atoms with Crippen molar-refractivity contribution in [2.45, 2.75) is 45.2 Å². The van der Waals surface area contributed by atoms with Gasteiger partial charge in [0.25, 0.3) is 5.91 Å². The summed E-state index contributed by atoms with van der Waals surface area (Å²) in [6, 6.07) is 3.41. The van der Waals surface area contributed by atoms with Gasteiger partial charge >= 0.3 is 5.97 Å². The molecule has 1 aliphatic rings. The zero-order valence-corrected chi connectivity index (χ0v) is 12.3. The molecule has 6 nitrogen and oxygen atoms in total. The molecular weight excluding hydrogens is 272 g/mol. The smallest absolute Gasteiger partial charge is 0.308 e. The Hall–Kier alpha value is -1.82. The maximum atomic E-state index is 12.0. The fourth-order valence-corrected chi connectivity index (χ4v) is 2.60. The average Bonchev–Trinajstić information content (AvgIpc) is 2.97. The summed E-state index contributed by atoms with van der Waals surface area (Å²) in [4.78, 5) is 23.7. The van der Waals surface area contributed by atoms with Crippen LogP contribution in [-0.2, 0) is 16.1 Å². The highest BCUT2D eigenvalue weighted by atomic mass is 16.5. The van der Waals surface area contributed by atoms with E-state index in [0.29, 0.717) is 12.4 Å². The van der Waals surface area contributed by atoms with Crippen molar-refractivity contribution in [3.8, 4) is 0 Å². The van der Waals surface area contributed by atoms with E-state index < -0.39 is 0 Å². The monoisotopic (exact) mass is 294 g/mol. The molecule has 0 atom stereocenters. The molecule has 1 heterocycles. The zero-order chi connectivity index (χ0) is 15.2. The number of rotatable bonds is 5. The molecule has 1 fully saturated rings. The Bertz CT molecular complexity index is 490. The quantitative estimate of drug-likeness (QED) is 0.804. The van der Waals surface area contributed by atoms with E-state index in [9.17, 15) is 9.59 Å². The van der Waals surface area contributed by atoms with Gasteiger partial charge in [0, 0.05) is 6.04 Å². The fourth-order valence-electron chi connectivity index (χ4n) is 2.60. The lowest BCUT2D eigenvalue weighted by atomic mass is 9.86. The number of carbonyl (C=O) groups is 2. The lowest BCUT2D eigenvalue weighted by Gasteiger charge is -2.27. The molecule has 0 radical (unpaired) electrons. The van der Waals surface area contributed by atoms with E-state index >= 15 is 0 Å². The third kappa shape index (κ3) is 4.07. The standard InChI is InChI=1S/C15H22N2O4/c1-2-20-15(19)10-3-5-11(6-4-10)17-14(18)13-8-7-12(9-16)21-13/h7-8,10-11H,2-6,9,16H2,1H3,(H,17,18). The van der Waals surface area contributed by atoms with E-state index in [4.69, 9.17) is 14.9 Å². The maximum absolute atomic E-state index is 12.0. The second kappa shape index (κ2) is 7.26. The summed E-state index contributed by atoms with van der Waals surface area (Å²) in [7, 11) is 0. The normalized spacial score (nSPS) is 21.8. The summed E-state index contributed by atoms with van der Waals surface area (Å²) in [5.74, 6) is 0.481. The SMILES string of the molecule is CCOC(=O)C1CCC(NC(=O)c2ccc(CN)o2)CC1. The van der Waals surface area contributed by atoms with E-state index in [2.05, 4.69) is 5.32 Å². The minimum Gasteiger partial charge on any atom is -0.466 e. The summed E-state index contributed by atoms with van der Waals surface area (Å²) in [5.41, 5.74) is 5.45. The van der Waals surface area contributed by atoms with E-state index in [1.165, 1.54) is 0 Å². The van der Waals surface area contributed by atoms with Gasteiger partial charge in [0.05, 0.1) is 19.1 Å². The van der Waals surface area contributed by atoms with Gasteiger partial charge in [-0.2, -0.15) is 0 Å². The highest BCUT2D eigenvalue weighted by Gasteiger charge is 2.28. The van der Waals surface area contributed by atoms with E-state index in [1.807, 2.05) is 6.92 Å². The molecule has 6 heteroatoms. The third-order valence-corrected chi connectivity index (χ3v) is 3.77. The summed E-state index contributed by atoms with van der Waals surface area (Å²) >= 11 is 0. The zero-order valence-electron chi connectivity index (χ0n) is 12.3. The molecule has 0 aliphatic heterocycles. The molecule has 1 saturated carbocycles. The van der Waals surface area contributed by atoms with Gasteiger partial charge in [0.15, 0.2) is 5.76 Å². The highest BCUT2D eigenvalue weighted by Crippen LogP contribution is 2.25. The van der Waals surface area contributed by atoms with Crippen LogP contribution in [0.1, 0.15) is 48.9 Å². The van der Waals surface area contributed by atoms with Crippen molar-refractivity contribution in [1.82, 2.24) is 5.32 Å². The van der Waals surface area contributed by atoms with E-state index in [0.717, 1.165) is 25.7 Å². The van der Waals surface area contributed by atoms with Crippen LogP contribution in [0.15, 0.2) is 16.5 Å². The number of hydrogen-bond donors (Lipinski definition) is 2. The van der Waals surface area contributed by atoms with Gasteiger partial charge in [-0.1, -0.05) is 0 Å². The van der Waals surface area contributed by atoms with Crippen LogP contribution >= 0.6 is 0 Å². The number of nitrogens with one attached hydrogen (secondary N) is 1. The van der Waals surface area contributed by atoms with Crippen molar-refractivity contribution in [3.63, 3.8) is 0 Å². The number of carbonyl (C=O) groups excluding carboxylic acids is 2. The number of amides is 1. The molecule has 116 valence electrons. The lowest BCUT2D eigenvalue weighted by molar-refractivity contribution is -0.149. The minimum atomic E-state index is -0.228. The van der Waals surface area contributed by atoms with Crippen molar-refractivity contribution < 1.29 is 18.7 Å². The first kappa shape index (κ1) is 15.6. The van der Waals surface area contributed by atoms with Crippen LogP contribution in [-0.4, -0.2) is 24.5 Å². The summed E-state index contributed by atoms with van der Waals surface area (Å²) in [6.07, 6.45) is 3.05. The van der Waals surface area contributed by atoms with Gasteiger partial charge in [0.2, 0.25) is 0 Å². The van der Waals surface area contributed by atoms with Crippen LogP contribution in [0.3, 0.4) is 0 Å². The van der Waals surface area contributed by atoms with Crippen molar-refractivity contribution in [3.05, 3.63) is 23.7 Å². The van der Waals surface area contributed by atoms with E-state index in [1.54, 1.807) is 12.1 Å². The van der Waals surface area contributed by atoms with Crippen molar-refractivity contribution in [2.75, 3.05) is 6.61 Å². The molecule has 1 aromatic heterocycles. The second-order valence-electron chi connectivity index (χ2n) is 5.24. The predicted molar refractivity (Wildman–Crippen MR) is 76.4 cm³/mol. The Balaban J connectivity index is 1.80. The maximum Gasteiger partial charge on any atom is 0.308 e. The lowest BCUT2D eigenvalue weighted by Crippen LogP contribution is -2.38. The Morgan fingerprint density at radius 2 is 2.05 bits per heavy atom. The Morgan fingerprint density at radius 3 is 2.62 bits per heavy atom. The molecule has 21 heavy (non-hydrogen) atoms. The predicted octanol–water partition coefficient (Wildman–Crippen LogP) is 1.59. The molecule has 3 N–H and O–H groups in total. The van der Waals surface area contributed by atoms with Crippen molar-refractivity contribution in [2.24, 2.45) is 11.7 Å². The number of hydrogen-bond acceptors (Lipinski definition) is 5. The number of esters is 1. The van der Waals surface area contributed by atoms with Crippen LogP contribution in [0.2, 0.25) is 0 Å². The number of ether oxygens (including phenoxy) is 1. The van der Waals surface area contributed by atoms with Crippen LogP contribution in [0.5, 0.6) is 0 Å². The van der Waals surface area contributed by atoms with Gasteiger partial charge in [-0.25, -0.2) is 0 Å². The van der Waals surface area contributed by atoms with E-state index in [-0.39, 0.29) is 36.1 Å². The number of furan rings is 1. The molecule has 2 rings (SSSR count). The topological polar surface area (TPSA) is 94.6 Å². The molecule has 1 aromatic rings. The summed E-state index contributed by atoms with van der Waals surface area (Å²) in [5, 5.41) is 2.94. The molecule has 0 unspecified atom stereocenters. The van der Waals surface area contributed by atoms with Crippen molar-refractivity contribution >= 4 is 11.9 Å². The van der Waals surface area contributed by atoms with Gasteiger partial charge in [0.1, 0.15) is 5.76 Å². The molecule has 1 amide bonds. The minimum absolute atomic E-state index is 0.0365. The van der Waals surface area contributed by atoms with Crippen molar-refractivity contribution in [1.29, 1.82) is 0 Å². The van der Waals surface area contributed by atoms with Crippen LogP contribution in [0.4, 0.5) is 0 Å². The first-order valence-electron chi connectivity index (χ1n) is 7.40. The average molecular weight is 294 g/mol. The molecule has 0 aromatic carbocycles. The van der Waals surface area contributed by atoms with Crippen LogP contribution < -0.4 is 11.1 Å². The highest BCUT2D eigenvalue weighted by molar-refractivity contribution is 5.91. The van der Waals surface area contributed by atoms with Crippen LogP contribution in [0, 0.1) is 5.92 Å². The molecule has 0 saturated heterocycles. The Kier molecular flexibility index (Phi) is 5.38. The molecule has 0 bridgehead atoms. The Morgan fingerprint density at radius 1 is 1.33 bits per heavy atom. The number of nitrogens with two attached hydrogens (primary N) is 1. The summed E-state index contributed by atoms with van der Waals surface area (Å²) in [6.45, 7) is 2.50.